The summed E-state index contributed by atoms with van der Waals surface area (Å²) in [5.41, 5.74) is 3.34. The van der Waals surface area contributed by atoms with Gasteiger partial charge in [-0.2, -0.15) is 0 Å². The predicted octanol–water partition coefficient (Wildman–Crippen LogP) is 4.21. The van der Waals surface area contributed by atoms with Crippen LogP contribution in [0.3, 0.4) is 0 Å². The van der Waals surface area contributed by atoms with Crippen LogP contribution in [0.25, 0.3) is 0 Å². The van der Waals surface area contributed by atoms with E-state index in [4.69, 9.17) is 9.47 Å². The number of nitrogens with one attached hydrogen (secondary N) is 2. The summed E-state index contributed by atoms with van der Waals surface area (Å²) in [4.78, 5) is 4.26. The van der Waals surface area contributed by atoms with Crippen LogP contribution in [-0.2, 0) is 6.54 Å². The number of hydrogen-bond acceptors (Lipinski definition) is 3. The van der Waals surface area contributed by atoms with Gasteiger partial charge in [0.15, 0.2) is 17.5 Å². The third kappa shape index (κ3) is 6.45. The molecule has 0 saturated heterocycles. The predicted molar refractivity (Wildman–Crippen MR) is 115 cm³/mol. The third-order valence-corrected chi connectivity index (χ3v) is 3.49. The van der Waals surface area contributed by atoms with Crippen LogP contribution >= 0.6 is 24.0 Å². The first-order valence-electron chi connectivity index (χ1n) is 8.00. The smallest absolute Gasteiger partial charge is 0.195 e. The van der Waals surface area contributed by atoms with E-state index in [2.05, 4.69) is 46.8 Å². The molecule has 0 heterocycles. The summed E-state index contributed by atoms with van der Waals surface area (Å²) in [5, 5.41) is 6.58. The van der Waals surface area contributed by atoms with Crippen LogP contribution < -0.4 is 20.1 Å². The van der Waals surface area contributed by atoms with Crippen LogP contribution in [0.5, 0.6) is 11.5 Å². The van der Waals surface area contributed by atoms with Crippen LogP contribution in [0.4, 0.5) is 5.69 Å². The van der Waals surface area contributed by atoms with Gasteiger partial charge in [-0.3, -0.25) is 4.99 Å². The number of halogens is 1. The van der Waals surface area contributed by atoms with Crippen LogP contribution in [0.15, 0.2) is 47.5 Å². The van der Waals surface area contributed by atoms with Gasteiger partial charge < -0.3 is 20.1 Å². The lowest BCUT2D eigenvalue weighted by Crippen LogP contribution is -2.30. The molecule has 6 heteroatoms. The van der Waals surface area contributed by atoms with Crippen molar-refractivity contribution in [2.75, 3.05) is 26.1 Å². The van der Waals surface area contributed by atoms with E-state index in [0.717, 1.165) is 5.69 Å². The van der Waals surface area contributed by atoms with E-state index < -0.39 is 0 Å². The normalized spacial score (nSPS) is 10.6. The molecule has 2 rings (SSSR count). The van der Waals surface area contributed by atoms with Gasteiger partial charge in [-0.25, -0.2) is 0 Å². The first kappa shape index (κ1) is 21.1. The van der Waals surface area contributed by atoms with Crippen molar-refractivity contribution >= 4 is 35.6 Å². The Morgan fingerprint density at radius 3 is 2.56 bits per heavy atom. The Morgan fingerprint density at radius 2 is 1.92 bits per heavy atom. The first-order chi connectivity index (χ1) is 11.7. The Morgan fingerprint density at radius 1 is 1.12 bits per heavy atom. The van der Waals surface area contributed by atoms with Gasteiger partial charge in [-0.15, -0.1) is 24.0 Å². The van der Waals surface area contributed by atoms with Crippen molar-refractivity contribution < 1.29 is 9.47 Å². The molecule has 5 nitrogen and oxygen atoms in total. The minimum Gasteiger partial charge on any atom is -0.493 e. The molecule has 0 bridgehead atoms. The molecule has 0 spiro atoms. The Hall–Kier alpha value is -1.96. The molecule has 0 aliphatic rings. The van der Waals surface area contributed by atoms with E-state index in [-0.39, 0.29) is 24.0 Å². The quantitative estimate of drug-likeness (QED) is 0.390. The van der Waals surface area contributed by atoms with Gasteiger partial charge in [0.25, 0.3) is 0 Å². The van der Waals surface area contributed by atoms with Crippen LogP contribution in [0, 0.1) is 6.92 Å². The molecular weight excluding hydrogens is 429 g/mol. The highest BCUT2D eigenvalue weighted by molar-refractivity contribution is 14.0. The molecule has 0 saturated carbocycles. The molecule has 0 radical (unpaired) electrons. The molecule has 0 aromatic heterocycles. The van der Waals surface area contributed by atoms with E-state index in [1.807, 2.05) is 25.1 Å². The number of aryl methyl sites for hydroxylation is 1. The number of guanidine groups is 1. The zero-order valence-corrected chi connectivity index (χ0v) is 17.5. The molecule has 2 aromatic rings. The van der Waals surface area contributed by atoms with Crippen LogP contribution in [0.2, 0.25) is 0 Å². The second-order valence-corrected chi connectivity index (χ2v) is 5.34. The summed E-state index contributed by atoms with van der Waals surface area (Å²) in [6, 6.07) is 14.1. The number of ether oxygens (including phenoxy) is 2. The number of benzene rings is 2. The Labute approximate surface area is 166 Å². The SMILES string of the molecule is CCOc1cc(NC(=NC)NCc2cccc(C)c2)ccc1OC.I. The Bertz CT molecular complexity index is 705. The van der Waals surface area contributed by atoms with Crippen LogP contribution in [-0.4, -0.2) is 26.7 Å². The highest BCUT2D eigenvalue weighted by Crippen LogP contribution is 2.30. The summed E-state index contributed by atoms with van der Waals surface area (Å²) in [7, 11) is 3.38. The van der Waals surface area contributed by atoms with E-state index in [0.29, 0.717) is 30.6 Å². The minimum atomic E-state index is 0. The fraction of sp³-hybridized carbons (Fsp3) is 0.316. The first-order valence-corrected chi connectivity index (χ1v) is 8.00. The molecule has 0 aliphatic heterocycles. The zero-order valence-electron chi connectivity index (χ0n) is 15.1. The number of anilines is 1. The van der Waals surface area contributed by atoms with Gasteiger partial charge in [-0.05, 0) is 31.5 Å². The fourth-order valence-corrected chi connectivity index (χ4v) is 2.35. The van der Waals surface area contributed by atoms with Crippen molar-refractivity contribution in [3.8, 4) is 11.5 Å². The van der Waals surface area contributed by atoms with Crippen molar-refractivity contribution in [2.24, 2.45) is 4.99 Å². The summed E-state index contributed by atoms with van der Waals surface area (Å²) < 4.78 is 10.9. The molecule has 0 fully saturated rings. The van der Waals surface area contributed by atoms with Gasteiger partial charge in [0.1, 0.15) is 0 Å². The average molecular weight is 455 g/mol. The van der Waals surface area contributed by atoms with Crippen molar-refractivity contribution in [1.82, 2.24) is 5.32 Å². The molecule has 2 aromatic carbocycles. The largest absolute Gasteiger partial charge is 0.493 e. The Kier molecular flexibility index (Phi) is 9.12. The number of hydrogen-bond donors (Lipinski definition) is 2. The maximum absolute atomic E-state index is 5.60. The summed E-state index contributed by atoms with van der Waals surface area (Å²) >= 11 is 0. The highest BCUT2D eigenvalue weighted by atomic mass is 127. The van der Waals surface area contributed by atoms with Crippen molar-refractivity contribution in [1.29, 1.82) is 0 Å². The maximum Gasteiger partial charge on any atom is 0.195 e. The lowest BCUT2D eigenvalue weighted by molar-refractivity contribution is 0.311. The molecule has 25 heavy (non-hydrogen) atoms. The molecule has 0 amide bonds. The monoisotopic (exact) mass is 455 g/mol. The standard InChI is InChI=1S/C19H25N3O2.HI/c1-5-24-18-12-16(9-10-17(18)23-4)22-19(20-3)21-13-15-8-6-7-14(2)11-15;/h6-12H,5,13H2,1-4H3,(H2,20,21,22);1H. The van der Waals surface area contributed by atoms with E-state index in [1.54, 1.807) is 14.2 Å². The molecular formula is C19H26IN3O2. The number of methoxy groups -OCH3 is 1. The van der Waals surface area contributed by atoms with E-state index >= 15 is 0 Å². The average Bonchev–Trinajstić information content (AvgIpc) is 2.59. The van der Waals surface area contributed by atoms with E-state index in [1.165, 1.54) is 11.1 Å². The van der Waals surface area contributed by atoms with Gasteiger partial charge >= 0.3 is 0 Å². The summed E-state index contributed by atoms with van der Waals surface area (Å²) in [6.45, 7) is 5.32. The summed E-state index contributed by atoms with van der Waals surface area (Å²) in [5.74, 6) is 2.12. The Balaban J connectivity index is 0.00000312. The molecule has 136 valence electrons. The van der Waals surface area contributed by atoms with Gasteiger partial charge in [0, 0.05) is 25.3 Å². The van der Waals surface area contributed by atoms with Crippen LogP contribution in [0.1, 0.15) is 18.1 Å². The molecule has 0 unspecified atom stereocenters. The fourth-order valence-electron chi connectivity index (χ4n) is 2.35. The zero-order chi connectivity index (χ0) is 17.4. The van der Waals surface area contributed by atoms with Gasteiger partial charge in [0.05, 0.1) is 13.7 Å². The maximum atomic E-state index is 5.60. The van der Waals surface area contributed by atoms with Crippen molar-refractivity contribution in [3.63, 3.8) is 0 Å². The van der Waals surface area contributed by atoms with Crippen molar-refractivity contribution in [3.05, 3.63) is 53.6 Å². The van der Waals surface area contributed by atoms with Gasteiger partial charge in [-0.1, -0.05) is 29.8 Å². The lowest BCUT2D eigenvalue weighted by atomic mass is 10.1. The minimum absolute atomic E-state index is 0. The second kappa shape index (κ2) is 10.8. The van der Waals surface area contributed by atoms with Crippen molar-refractivity contribution in [2.45, 2.75) is 20.4 Å². The molecule has 2 N–H and O–H groups in total. The second-order valence-electron chi connectivity index (χ2n) is 5.34. The molecule has 0 atom stereocenters. The highest BCUT2D eigenvalue weighted by Gasteiger charge is 2.07. The molecule has 0 aliphatic carbocycles. The number of aliphatic imine (C=N–C) groups is 1. The third-order valence-electron chi connectivity index (χ3n) is 3.49. The van der Waals surface area contributed by atoms with E-state index in [9.17, 15) is 0 Å². The van der Waals surface area contributed by atoms with Gasteiger partial charge in [0.2, 0.25) is 0 Å². The number of rotatable bonds is 6. The summed E-state index contributed by atoms with van der Waals surface area (Å²) in [6.07, 6.45) is 0. The lowest BCUT2D eigenvalue weighted by Gasteiger charge is -2.15. The topological polar surface area (TPSA) is 54.9 Å². The number of nitrogens with zero attached hydrogens (tertiary/aromatic N) is 1.